The van der Waals surface area contributed by atoms with E-state index < -0.39 is 0 Å². The highest BCUT2D eigenvalue weighted by Crippen LogP contribution is 2.32. The Balaban J connectivity index is 0.00000361. The van der Waals surface area contributed by atoms with Gasteiger partial charge in [0, 0.05) is 16.5 Å². The van der Waals surface area contributed by atoms with E-state index in [2.05, 4.69) is 5.32 Å². The highest BCUT2D eigenvalue weighted by Gasteiger charge is 2.16. The van der Waals surface area contributed by atoms with Crippen molar-refractivity contribution < 1.29 is 4.79 Å². The molecule has 3 N–H and O–H groups in total. The van der Waals surface area contributed by atoms with Gasteiger partial charge < -0.3 is 11.1 Å². The van der Waals surface area contributed by atoms with Gasteiger partial charge in [0.2, 0.25) is 5.91 Å². The van der Waals surface area contributed by atoms with Gasteiger partial charge in [-0.05, 0) is 37.6 Å². The molecule has 7 heteroatoms. The fraction of sp³-hybridized carbons (Fsp3) is 0.462. The lowest BCUT2D eigenvalue weighted by molar-refractivity contribution is -0.120. The SMILES string of the molecule is CC(CN)CNC(=O)C(C)Sc1cc(Cl)ccc1Cl.Cl. The minimum Gasteiger partial charge on any atom is -0.355 e. The first-order valence-electron chi connectivity index (χ1n) is 6.03. The fourth-order valence-corrected chi connectivity index (χ4v) is 2.75. The lowest BCUT2D eigenvalue weighted by Gasteiger charge is -2.15. The minimum absolute atomic E-state index is 0. The van der Waals surface area contributed by atoms with Crippen LogP contribution in [-0.4, -0.2) is 24.2 Å². The molecule has 1 amide bonds. The summed E-state index contributed by atoms with van der Waals surface area (Å²) in [6.07, 6.45) is 0. The standard InChI is InChI=1S/C13H18Cl2N2OS.ClH/c1-8(6-16)7-17-13(18)9(2)19-12-5-10(14)3-4-11(12)15;/h3-5,8-9H,6-7,16H2,1-2H3,(H,17,18);1H. The van der Waals surface area contributed by atoms with Crippen LogP contribution in [-0.2, 0) is 4.79 Å². The number of nitrogens with one attached hydrogen (secondary N) is 1. The quantitative estimate of drug-likeness (QED) is 0.765. The van der Waals surface area contributed by atoms with Crippen molar-refractivity contribution in [3.63, 3.8) is 0 Å². The third-order valence-electron chi connectivity index (χ3n) is 2.59. The zero-order chi connectivity index (χ0) is 14.4. The van der Waals surface area contributed by atoms with Gasteiger partial charge in [-0.15, -0.1) is 24.2 Å². The molecule has 0 bridgehead atoms. The molecule has 1 rings (SSSR count). The smallest absolute Gasteiger partial charge is 0.233 e. The molecule has 0 saturated carbocycles. The van der Waals surface area contributed by atoms with Crippen LogP contribution >= 0.6 is 47.4 Å². The Hall–Kier alpha value is -0.130. The van der Waals surface area contributed by atoms with E-state index in [9.17, 15) is 4.79 Å². The molecule has 0 aliphatic rings. The summed E-state index contributed by atoms with van der Waals surface area (Å²) in [7, 11) is 0. The van der Waals surface area contributed by atoms with Gasteiger partial charge in [-0.2, -0.15) is 0 Å². The lowest BCUT2D eigenvalue weighted by Crippen LogP contribution is -2.35. The van der Waals surface area contributed by atoms with Crippen molar-refractivity contribution in [1.29, 1.82) is 0 Å². The molecule has 2 unspecified atom stereocenters. The average Bonchev–Trinajstić information content (AvgIpc) is 2.39. The van der Waals surface area contributed by atoms with Crippen molar-refractivity contribution in [2.45, 2.75) is 24.0 Å². The number of hydrogen-bond donors (Lipinski definition) is 2. The topological polar surface area (TPSA) is 55.1 Å². The van der Waals surface area contributed by atoms with Gasteiger partial charge >= 0.3 is 0 Å². The van der Waals surface area contributed by atoms with Crippen molar-refractivity contribution >= 4 is 53.3 Å². The number of thioether (sulfide) groups is 1. The van der Waals surface area contributed by atoms with E-state index >= 15 is 0 Å². The van der Waals surface area contributed by atoms with Gasteiger partial charge in [-0.1, -0.05) is 30.1 Å². The molecule has 20 heavy (non-hydrogen) atoms. The van der Waals surface area contributed by atoms with Crippen LogP contribution < -0.4 is 11.1 Å². The van der Waals surface area contributed by atoms with Crippen LogP contribution in [0.15, 0.2) is 23.1 Å². The van der Waals surface area contributed by atoms with Gasteiger partial charge in [-0.25, -0.2) is 0 Å². The van der Waals surface area contributed by atoms with E-state index in [0.29, 0.717) is 23.1 Å². The number of carbonyl (C=O) groups is 1. The Kier molecular flexibility index (Phi) is 9.68. The van der Waals surface area contributed by atoms with Crippen molar-refractivity contribution in [2.75, 3.05) is 13.1 Å². The van der Waals surface area contributed by atoms with Crippen molar-refractivity contribution in [1.82, 2.24) is 5.32 Å². The number of nitrogens with two attached hydrogens (primary N) is 1. The second-order valence-corrected chi connectivity index (χ2v) is 6.65. The summed E-state index contributed by atoms with van der Waals surface area (Å²) >= 11 is 13.4. The molecule has 114 valence electrons. The molecule has 0 saturated heterocycles. The van der Waals surface area contributed by atoms with Crippen LogP contribution in [0.2, 0.25) is 10.0 Å². The molecule has 1 aromatic carbocycles. The van der Waals surface area contributed by atoms with Crippen LogP contribution in [0, 0.1) is 5.92 Å². The molecule has 1 aromatic rings. The maximum atomic E-state index is 11.9. The Morgan fingerprint density at radius 2 is 2.05 bits per heavy atom. The highest BCUT2D eigenvalue weighted by molar-refractivity contribution is 8.00. The molecule has 2 atom stereocenters. The van der Waals surface area contributed by atoms with Crippen LogP contribution in [0.3, 0.4) is 0 Å². The maximum Gasteiger partial charge on any atom is 0.233 e. The Morgan fingerprint density at radius 1 is 1.40 bits per heavy atom. The predicted octanol–water partition coefficient (Wildman–Crippen LogP) is 3.61. The summed E-state index contributed by atoms with van der Waals surface area (Å²) in [6, 6.07) is 5.22. The normalized spacial score (nSPS) is 13.2. The van der Waals surface area contributed by atoms with Gasteiger partial charge in [0.05, 0.1) is 10.3 Å². The number of rotatable bonds is 6. The Labute approximate surface area is 140 Å². The monoisotopic (exact) mass is 356 g/mol. The molecule has 0 spiro atoms. The summed E-state index contributed by atoms with van der Waals surface area (Å²) < 4.78 is 0. The molecule has 0 radical (unpaired) electrons. The van der Waals surface area contributed by atoms with E-state index in [1.54, 1.807) is 18.2 Å². The number of hydrogen-bond acceptors (Lipinski definition) is 3. The summed E-state index contributed by atoms with van der Waals surface area (Å²) in [5.41, 5.74) is 5.51. The first-order chi connectivity index (χ1) is 8.93. The number of amides is 1. The fourth-order valence-electron chi connectivity index (χ4n) is 1.31. The van der Waals surface area contributed by atoms with Gasteiger partial charge in [-0.3, -0.25) is 4.79 Å². The zero-order valence-corrected chi connectivity index (χ0v) is 14.5. The molecule has 0 aliphatic heterocycles. The Bertz CT molecular complexity index is 446. The van der Waals surface area contributed by atoms with Crippen LogP contribution in [0.5, 0.6) is 0 Å². The van der Waals surface area contributed by atoms with Crippen LogP contribution in [0.4, 0.5) is 0 Å². The van der Waals surface area contributed by atoms with Crippen LogP contribution in [0.1, 0.15) is 13.8 Å². The van der Waals surface area contributed by atoms with E-state index in [0.717, 1.165) is 4.90 Å². The molecule has 0 aromatic heterocycles. The molecule has 3 nitrogen and oxygen atoms in total. The number of carbonyl (C=O) groups excluding carboxylic acids is 1. The second kappa shape index (κ2) is 9.74. The van der Waals surface area contributed by atoms with Crippen LogP contribution in [0.25, 0.3) is 0 Å². The number of halogens is 3. The largest absolute Gasteiger partial charge is 0.355 e. The van der Waals surface area contributed by atoms with E-state index in [1.165, 1.54) is 11.8 Å². The van der Waals surface area contributed by atoms with Crippen molar-refractivity contribution in [3.8, 4) is 0 Å². The third kappa shape index (κ3) is 6.55. The molecule has 0 aliphatic carbocycles. The third-order valence-corrected chi connectivity index (χ3v) is 4.43. The van der Waals surface area contributed by atoms with E-state index in [1.807, 2.05) is 13.8 Å². The summed E-state index contributed by atoms with van der Waals surface area (Å²) in [5.74, 6) is 0.247. The maximum absolute atomic E-state index is 11.9. The van der Waals surface area contributed by atoms with Gasteiger partial charge in [0.1, 0.15) is 0 Å². The van der Waals surface area contributed by atoms with E-state index in [-0.39, 0.29) is 29.5 Å². The number of benzene rings is 1. The average molecular weight is 358 g/mol. The molecule has 0 fully saturated rings. The van der Waals surface area contributed by atoms with Crippen molar-refractivity contribution in [3.05, 3.63) is 28.2 Å². The summed E-state index contributed by atoms with van der Waals surface area (Å²) in [6.45, 7) is 4.97. The summed E-state index contributed by atoms with van der Waals surface area (Å²) in [4.78, 5) is 12.7. The second-order valence-electron chi connectivity index (χ2n) is 4.42. The highest BCUT2D eigenvalue weighted by atomic mass is 35.5. The lowest BCUT2D eigenvalue weighted by atomic mass is 10.2. The zero-order valence-electron chi connectivity index (χ0n) is 11.4. The first kappa shape index (κ1) is 19.9. The minimum atomic E-state index is -0.235. The van der Waals surface area contributed by atoms with Gasteiger partial charge in [0.15, 0.2) is 0 Å². The summed E-state index contributed by atoms with van der Waals surface area (Å²) in [5, 5.41) is 3.85. The first-order valence-corrected chi connectivity index (χ1v) is 7.67. The molecular formula is C13H19Cl3N2OS. The predicted molar refractivity (Wildman–Crippen MR) is 90.3 cm³/mol. The molecule has 0 heterocycles. The van der Waals surface area contributed by atoms with Gasteiger partial charge in [0.25, 0.3) is 0 Å². The molecular weight excluding hydrogens is 339 g/mol. The van der Waals surface area contributed by atoms with Crippen molar-refractivity contribution in [2.24, 2.45) is 11.7 Å². The van der Waals surface area contributed by atoms with E-state index in [4.69, 9.17) is 28.9 Å². The Morgan fingerprint density at radius 3 is 2.65 bits per heavy atom.